The van der Waals surface area contributed by atoms with E-state index in [0.717, 1.165) is 25.7 Å². The van der Waals surface area contributed by atoms with Crippen LogP contribution >= 0.6 is 0 Å². The Morgan fingerprint density at radius 2 is 2.06 bits per heavy atom. The van der Waals surface area contributed by atoms with E-state index in [-0.39, 0.29) is 18.1 Å². The number of hydrogen-bond donors (Lipinski definition) is 2. The predicted octanol–water partition coefficient (Wildman–Crippen LogP) is 2.06. The highest BCUT2D eigenvalue weighted by Crippen LogP contribution is 2.48. The van der Waals surface area contributed by atoms with Gasteiger partial charge in [-0.3, -0.25) is 0 Å². The molecule has 0 aliphatic heterocycles. The van der Waals surface area contributed by atoms with E-state index >= 15 is 0 Å². The minimum Gasteiger partial charge on any atom is -0.444 e. The first-order valence-corrected chi connectivity index (χ1v) is 5.95. The third-order valence-corrected chi connectivity index (χ3v) is 2.83. The van der Waals surface area contributed by atoms with Gasteiger partial charge < -0.3 is 15.2 Å². The molecule has 94 valence electrons. The number of aliphatic hydroxyl groups is 1. The summed E-state index contributed by atoms with van der Waals surface area (Å²) in [5.74, 6) is 0. The number of carbonyl (C=O) groups is 1. The van der Waals surface area contributed by atoms with Crippen LogP contribution in [0.1, 0.15) is 46.5 Å². The lowest BCUT2D eigenvalue weighted by atomic mass is 10.0. The third-order valence-electron chi connectivity index (χ3n) is 2.83. The Bertz CT molecular complexity index is 241. The molecular weight excluding hydrogens is 206 g/mol. The number of carbonyl (C=O) groups excluding carboxylic acids is 1. The molecule has 4 heteroatoms. The van der Waals surface area contributed by atoms with E-state index < -0.39 is 5.60 Å². The summed E-state index contributed by atoms with van der Waals surface area (Å²) in [7, 11) is 0. The zero-order valence-electron chi connectivity index (χ0n) is 10.5. The molecule has 1 saturated carbocycles. The van der Waals surface area contributed by atoms with E-state index in [9.17, 15) is 4.79 Å². The highest BCUT2D eigenvalue weighted by Gasteiger charge is 2.42. The van der Waals surface area contributed by atoms with Crippen molar-refractivity contribution in [1.29, 1.82) is 0 Å². The molecule has 0 atom stereocenters. The van der Waals surface area contributed by atoms with Crippen LogP contribution in [0.4, 0.5) is 4.79 Å². The molecule has 1 fully saturated rings. The SMILES string of the molecule is CC(C)(C)OC(=O)NCC1(CCCO)CC1. The molecule has 0 heterocycles. The average Bonchev–Trinajstić information content (AvgIpc) is 2.90. The second kappa shape index (κ2) is 5.04. The van der Waals surface area contributed by atoms with E-state index in [4.69, 9.17) is 9.84 Å². The van der Waals surface area contributed by atoms with Gasteiger partial charge in [-0.2, -0.15) is 0 Å². The molecule has 1 aliphatic rings. The number of aliphatic hydroxyl groups excluding tert-OH is 1. The van der Waals surface area contributed by atoms with Crippen LogP contribution in [0.5, 0.6) is 0 Å². The summed E-state index contributed by atoms with van der Waals surface area (Å²) in [4.78, 5) is 11.4. The Balaban J connectivity index is 2.21. The van der Waals surface area contributed by atoms with Gasteiger partial charge in [-0.05, 0) is 51.9 Å². The maximum absolute atomic E-state index is 11.4. The molecule has 2 N–H and O–H groups in total. The molecular formula is C12H23NO3. The van der Waals surface area contributed by atoms with Crippen molar-refractivity contribution < 1.29 is 14.6 Å². The van der Waals surface area contributed by atoms with Crippen molar-refractivity contribution in [3.05, 3.63) is 0 Å². The van der Waals surface area contributed by atoms with E-state index in [1.54, 1.807) is 0 Å². The van der Waals surface area contributed by atoms with Gasteiger partial charge in [-0.25, -0.2) is 4.79 Å². The number of ether oxygens (including phenoxy) is 1. The summed E-state index contributed by atoms with van der Waals surface area (Å²) in [5, 5.41) is 11.6. The lowest BCUT2D eigenvalue weighted by Gasteiger charge is -2.21. The molecule has 16 heavy (non-hydrogen) atoms. The number of amides is 1. The molecule has 0 radical (unpaired) electrons. The maximum Gasteiger partial charge on any atom is 0.407 e. The highest BCUT2D eigenvalue weighted by atomic mass is 16.6. The Labute approximate surface area is 97.4 Å². The second-order valence-electron chi connectivity index (χ2n) is 5.68. The fourth-order valence-electron chi connectivity index (χ4n) is 1.72. The van der Waals surface area contributed by atoms with Crippen molar-refractivity contribution >= 4 is 6.09 Å². The fraction of sp³-hybridized carbons (Fsp3) is 0.917. The first-order chi connectivity index (χ1) is 7.37. The normalized spacial score (nSPS) is 18.0. The molecule has 0 spiro atoms. The minimum absolute atomic E-state index is 0.230. The van der Waals surface area contributed by atoms with Gasteiger partial charge >= 0.3 is 6.09 Å². The zero-order valence-corrected chi connectivity index (χ0v) is 10.5. The van der Waals surface area contributed by atoms with Crippen LogP contribution in [-0.4, -0.2) is 30.0 Å². The van der Waals surface area contributed by atoms with Crippen molar-refractivity contribution in [3.63, 3.8) is 0 Å². The Morgan fingerprint density at radius 1 is 1.44 bits per heavy atom. The van der Waals surface area contributed by atoms with Crippen LogP contribution in [0.25, 0.3) is 0 Å². The summed E-state index contributed by atoms with van der Waals surface area (Å²) in [6, 6.07) is 0. The largest absolute Gasteiger partial charge is 0.444 e. The molecule has 0 aromatic rings. The molecule has 0 saturated heterocycles. The summed E-state index contributed by atoms with van der Waals surface area (Å²) >= 11 is 0. The Hall–Kier alpha value is -0.770. The van der Waals surface area contributed by atoms with Gasteiger partial charge in [-0.1, -0.05) is 0 Å². The second-order valence-corrected chi connectivity index (χ2v) is 5.68. The van der Waals surface area contributed by atoms with Crippen molar-refractivity contribution in [3.8, 4) is 0 Å². The molecule has 0 aromatic carbocycles. The predicted molar refractivity (Wildman–Crippen MR) is 62.2 cm³/mol. The van der Waals surface area contributed by atoms with Crippen LogP contribution in [0.2, 0.25) is 0 Å². The van der Waals surface area contributed by atoms with E-state index in [0.29, 0.717) is 6.54 Å². The van der Waals surface area contributed by atoms with Gasteiger partial charge in [0.2, 0.25) is 0 Å². The topological polar surface area (TPSA) is 58.6 Å². The minimum atomic E-state index is -0.439. The number of rotatable bonds is 5. The van der Waals surface area contributed by atoms with Crippen LogP contribution in [-0.2, 0) is 4.74 Å². The molecule has 1 amide bonds. The van der Waals surface area contributed by atoms with Crippen LogP contribution in [0.3, 0.4) is 0 Å². The molecule has 4 nitrogen and oxygen atoms in total. The molecule has 0 bridgehead atoms. The standard InChI is InChI=1S/C12H23NO3/c1-11(2,3)16-10(15)13-9-12(6-7-12)5-4-8-14/h14H,4-9H2,1-3H3,(H,13,15). The summed E-state index contributed by atoms with van der Waals surface area (Å²) in [6.07, 6.45) is 3.74. The van der Waals surface area contributed by atoms with Crippen molar-refractivity contribution in [1.82, 2.24) is 5.32 Å². The van der Waals surface area contributed by atoms with Gasteiger partial charge in [0.15, 0.2) is 0 Å². The number of hydrogen-bond acceptors (Lipinski definition) is 3. The average molecular weight is 229 g/mol. The Morgan fingerprint density at radius 3 is 2.50 bits per heavy atom. The van der Waals surface area contributed by atoms with E-state index in [1.807, 2.05) is 20.8 Å². The van der Waals surface area contributed by atoms with Crippen LogP contribution < -0.4 is 5.32 Å². The summed E-state index contributed by atoms with van der Waals surface area (Å²) in [6.45, 7) is 6.46. The van der Waals surface area contributed by atoms with Gasteiger partial charge in [0, 0.05) is 13.2 Å². The summed E-state index contributed by atoms with van der Waals surface area (Å²) < 4.78 is 5.17. The third kappa shape index (κ3) is 4.84. The maximum atomic E-state index is 11.4. The zero-order chi connectivity index (χ0) is 12.2. The van der Waals surface area contributed by atoms with E-state index in [1.165, 1.54) is 0 Å². The summed E-state index contributed by atoms with van der Waals surface area (Å²) in [5.41, 5.74) is -0.203. The highest BCUT2D eigenvalue weighted by molar-refractivity contribution is 5.67. The number of nitrogens with one attached hydrogen (secondary N) is 1. The van der Waals surface area contributed by atoms with Crippen molar-refractivity contribution in [2.24, 2.45) is 5.41 Å². The molecule has 1 rings (SSSR count). The molecule has 0 unspecified atom stereocenters. The first-order valence-electron chi connectivity index (χ1n) is 5.95. The monoisotopic (exact) mass is 229 g/mol. The molecule has 0 aromatic heterocycles. The van der Waals surface area contributed by atoms with Crippen molar-refractivity contribution in [2.75, 3.05) is 13.2 Å². The van der Waals surface area contributed by atoms with Crippen LogP contribution in [0, 0.1) is 5.41 Å². The smallest absolute Gasteiger partial charge is 0.407 e. The number of alkyl carbamates (subject to hydrolysis) is 1. The lowest BCUT2D eigenvalue weighted by molar-refractivity contribution is 0.0514. The molecule has 1 aliphatic carbocycles. The van der Waals surface area contributed by atoms with Gasteiger partial charge in [-0.15, -0.1) is 0 Å². The van der Waals surface area contributed by atoms with Gasteiger partial charge in [0.05, 0.1) is 0 Å². The Kier molecular flexibility index (Phi) is 4.19. The van der Waals surface area contributed by atoms with Gasteiger partial charge in [0.25, 0.3) is 0 Å². The van der Waals surface area contributed by atoms with E-state index in [2.05, 4.69) is 5.32 Å². The quantitative estimate of drug-likeness (QED) is 0.758. The first kappa shape index (κ1) is 13.3. The lowest BCUT2D eigenvalue weighted by Crippen LogP contribution is -2.35. The van der Waals surface area contributed by atoms with Crippen LogP contribution in [0.15, 0.2) is 0 Å². The fourth-order valence-corrected chi connectivity index (χ4v) is 1.72. The van der Waals surface area contributed by atoms with Crippen molar-refractivity contribution in [2.45, 2.75) is 52.1 Å². The van der Waals surface area contributed by atoms with Gasteiger partial charge in [0.1, 0.15) is 5.60 Å².